The first-order valence-corrected chi connectivity index (χ1v) is 9.63. The van der Waals surface area contributed by atoms with Crippen molar-refractivity contribution in [3.63, 3.8) is 0 Å². The molecule has 0 saturated carbocycles. The summed E-state index contributed by atoms with van der Waals surface area (Å²) in [6, 6.07) is 14.1. The summed E-state index contributed by atoms with van der Waals surface area (Å²) in [5.41, 5.74) is 1.04. The second-order valence-corrected chi connectivity index (χ2v) is 7.59. The van der Waals surface area contributed by atoms with Gasteiger partial charge in [-0.25, -0.2) is 18.2 Å². The zero-order valence-corrected chi connectivity index (χ0v) is 15.7. The normalized spacial score (nSPS) is 12.5. The van der Waals surface area contributed by atoms with Crippen LogP contribution in [0.5, 0.6) is 0 Å². The van der Waals surface area contributed by atoms with E-state index in [4.69, 9.17) is 0 Å². The van der Waals surface area contributed by atoms with Crippen LogP contribution >= 0.6 is 0 Å². The van der Waals surface area contributed by atoms with Crippen LogP contribution in [0, 0.1) is 0 Å². The van der Waals surface area contributed by atoms with Crippen LogP contribution in [0.4, 0.5) is 0 Å². The van der Waals surface area contributed by atoms with Crippen molar-refractivity contribution in [1.29, 1.82) is 0 Å². The van der Waals surface area contributed by atoms with Gasteiger partial charge in [0.05, 0.1) is 17.6 Å². The van der Waals surface area contributed by atoms with Crippen molar-refractivity contribution in [2.75, 3.05) is 7.11 Å². The van der Waals surface area contributed by atoms with E-state index in [1.165, 1.54) is 31.4 Å². The molecule has 0 radical (unpaired) electrons. The first-order chi connectivity index (χ1) is 12.9. The van der Waals surface area contributed by atoms with Gasteiger partial charge in [-0.1, -0.05) is 30.3 Å². The Kier molecular flexibility index (Phi) is 5.38. The third-order valence-electron chi connectivity index (χ3n) is 4.11. The number of aryl methyl sites for hydroxylation is 1. The lowest BCUT2D eigenvalue weighted by Crippen LogP contribution is -2.31. The molecule has 0 unspecified atom stereocenters. The number of hydrogen-bond acceptors (Lipinski definition) is 5. The second kappa shape index (κ2) is 7.73. The summed E-state index contributed by atoms with van der Waals surface area (Å²) in [7, 11) is -0.782. The van der Waals surface area contributed by atoms with Crippen molar-refractivity contribution >= 4 is 16.0 Å². The summed E-state index contributed by atoms with van der Waals surface area (Å²) < 4.78 is 34.9. The Labute approximate surface area is 157 Å². The number of sulfonamides is 1. The van der Waals surface area contributed by atoms with E-state index in [0.29, 0.717) is 5.82 Å². The van der Waals surface area contributed by atoms with Crippen LogP contribution in [0.3, 0.4) is 0 Å². The van der Waals surface area contributed by atoms with Gasteiger partial charge >= 0.3 is 5.97 Å². The highest BCUT2D eigenvalue weighted by molar-refractivity contribution is 7.89. The molecule has 2 aromatic carbocycles. The first kappa shape index (κ1) is 18.8. The smallest absolute Gasteiger partial charge is 0.337 e. The van der Waals surface area contributed by atoms with E-state index < -0.39 is 22.0 Å². The van der Waals surface area contributed by atoms with Gasteiger partial charge in [-0.2, -0.15) is 4.72 Å². The van der Waals surface area contributed by atoms with Crippen LogP contribution in [0.15, 0.2) is 71.9 Å². The molecule has 27 heavy (non-hydrogen) atoms. The fraction of sp³-hybridized carbons (Fsp3) is 0.158. The Morgan fingerprint density at radius 2 is 1.78 bits per heavy atom. The molecule has 8 heteroatoms. The standard InChI is InChI=1S/C19H19N3O4S/c1-22-13-12-20-18(22)17(14-6-4-3-5-7-14)21-27(24,25)16-10-8-15(9-11-16)19(23)26-2/h3-13,17,21H,1-2H3/t17-/m1/s1. The molecule has 0 aliphatic carbocycles. The van der Waals surface area contributed by atoms with Gasteiger partial charge in [0.15, 0.2) is 0 Å². The Hall–Kier alpha value is -2.97. The first-order valence-electron chi connectivity index (χ1n) is 8.15. The Bertz CT molecular complexity index is 1030. The number of aromatic nitrogens is 2. The summed E-state index contributed by atoms with van der Waals surface area (Å²) in [5.74, 6) is 0.0398. The number of hydrogen-bond donors (Lipinski definition) is 1. The number of rotatable bonds is 6. The molecule has 0 bridgehead atoms. The maximum absolute atomic E-state index is 12.9. The van der Waals surface area contributed by atoms with Crippen molar-refractivity contribution in [2.45, 2.75) is 10.9 Å². The van der Waals surface area contributed by atoms with Gasteiger partial charge in [0, 0.05) is 19.4 Å². The number of carbonyl (C=O) groups is 1. The van der Waals surface area contributed by atoms with Crippen LogP contribution in [-0.4, -0.2) is 31.0 Å². The fourth-order valence-electron chi connectivity index (χ4n) is 2.68. The average Bonchev–Trinajstić information content (AvgIpc) is 3.12. The minimum absolute atomic E-state index is 0.0466. The summed E-state index contributed by atoms with van der Waals surface area (Å²) in [4.78, 5) is 15.9. The summed E-state index contributed by atoms with van der Waals surface area (Å²) in [5, 5.41) is 0. The highest BCUT2D eigenvalue weighted by atomic mass is 32.2. The second-order valence-electron chi connectivity index (χ2n) is 5.88. The van der Waals surface area contributed by atoms with Gasteiger partial charge in [0.2, 0.25) is 10.0 Å². The molecule has 1 atom stereocenters. The van der Waals surface area contributed by atoms with Crippen molar-refractivity contribution in [3.8, 4) is 0 Å². The lowest BCUT2D eigenvalue weighted by molar-refractivity contribution is 0.0600. The number of esters is 1. The van der Waals surface area contributed by atoms with Gasteiger partial charge in [-0.3, -0.25) is 0 Å². The summed E-state index contributed by atoms with van der Waals surface area (Å²) in [6.45, 7) is 0. The quantitative estimate of drug-likeness (QED) is 0.658. The molecular weight excluding hydrogens is 366 g/mol. The van der Waals surface area contributed by atoms with Gasteiger partial charge in [-0.15, -0.1) is 0 Å². The largest absolute Gasteiger partial charge is 0.465 e. The van der Waals surface area contributed by atoms with Gasteiger partial charge in [0.1, 0.15) is 11.9 Å². The molecule has 3 rings (SSSR count). The summed E-state index contributed by atoms with van der Waals surface area (Å²) in [6.07, 6.45) is 3.37. The van der Waals surface area contributed by atoms with E-state index in [9.17, 15) is 13.2 Å². The highest BCUT2D eigenvalue weighted by Gasteiger charge is 2.25. The molecule has 7 nitrogen and oxygen atoms in total. The lowest BCUT2D eigenvalue weighted by atomic mass is 10.1. The molecule has 0 saturated heterocycles. The zero-order valence-electron chi connectivity index (χ0n) is 14.9. The molecule has 0 amide bonds. The zero-order chi connectivity index (χ0) is 19.4. The van der Waals surface area contributed by atoms with Crippen LogP contribution in [0.25, 0.3) is 0 Å². The maximum atomic E-state index is 12.9. The molecule has 1 aromatic heterocycles. The molecule has 1 heterocycles. The predicted molar refractivity (Wildman–Crippen MR) is 99.6 cm³/mol. The third kappa shape index (κ3) is 4.07. The summed E-state index contributed by atoms with van der Waals surface area (Å²) >= 11 is 0. The van der Waals surface area contributed by atoms with E-state index in [1.807, 2.05) is 30.3 Å². The number of imidazole rings is 1. The minimum atomic E-state index is -3.86. The van der Waals surface area contributed by atoms with Crippen LogP contribution in [0.2, 0.25) is 0 Å². The monoisotopic (exact) mass is 385 g/mol. The van der Waals surface area contributed by atoms with Gasteiger partial charge < -0.3 is 9.30 Å². The van der Waals surface area contributed by atoms with E-state index in [2.05, 4.69) is 14.4 Å². The topological polar surface area (TPSA) is 90.3 Å². The van der Waals surface area contributed by atoms with Gasteiger partial charge in [0.25, 0.3) is 0 Å². The molecule has 0 spiro atoms. The molecule has 1 N–H and O–H groups in total. The Balaban J connectivity index is 1.95. The maximum Gasteiger partial charge on any atom is 0.337 e. The number of methoxy groups -OCH3 is 1. The number of carbonyl (C=O) groups excluding carboxylic acids is 1. The van der Waals surface area contributed by atoms with E-state index in [1.54, 1.807) is 24.0 Å². The third-order valence-corrected chi connectivity index (χ3v) is 5.55. The fourth-order valence-corrected chi connectivity index (χ4v) is 3.86. The minimum Gasteiger partial charge on any atom is -0.465 e. The van der Waals surface area contributed by atoms with Crippen molar-refractivity contribution in [2.24, 2.45) is 7.05 Å². The highest BCUT2D eigenvalue weighted by Crippen LogP contribution is 2.23. The van der Waals surface area contributed by atoms with Crippen molar-refractivity contribution < 1.29 is 17.9 Å². The van der Waals surface area contributed by atoms with E-state index in [-0.39, 0.29) is 10.5 Å². The van der Waals surface area contributed by atoms with Crippen molar-refractivity contribution in [3.05, 3.63) is 83.9 Å². The molecule has 140 valence electrons. The lowest BCUT2D eigenvalue weighted by Gasteiger charge is -2.19. The van der Waals surface area contributed by atoms with Crippen LogP contribution < -0.4 is 4.72 Å². The number of benzene rings is 2. The van der Waals surface area contributed by atoms with Crippen LogP contribution in [0.1, 0.15) is 27.8 Å². The van der Waals surface area contributed by atoms with E-state index >= 15 is 0 Å². The molecule has 3 aromatic rings. The SMILES string of the molecule is COC(=O)c1ccc(S(=O)(=O)N[C@H](c2ccccc2)c2nccn2C)cc1. The number of nitrogens with zero attached hydrogens (tertiary/aromatic N) is 2. The Morgan fingerprint density at radius 1 is 1.11 bits per heavy atom. The number of ether oxygens (including phenoxy) is 1. The molecular formula is C19H19N3O4S. The Morgan fingerprint density at radius 3 is 2.33 bits per heavy atom. The van der Waals surface area contributed by atoms with Crippen molar-refractivity contribution in [1.82, 2.24) is 14.3 Å². The van der Waals surface area contributed by atoms with Gasteiger partial charge in [-0.05, 0) is 29.8 Å². The number of nitrogens with one attached hydrogen (secondary N) is 1. The van der Waals surface area contributed by atoms with E-state index in [0.717, 1.165) is 5.56 Å². The molecule has 0 aliphatic heterocycles. The molecule has 0 fully saturated rings. The predicted octanol–water partition coefficient (Wildman–Crippen LogP) is 2.27. The molecule has 0 aliphatic rings. The average molecular weight is 385 g/mol. The van der Waals surface area contributed by atoms with Crippen LogP contribution in [-0.2, 0) is 21.8 Å².